The normalized spacial score (nSPS) is 14.3. The minimum atomic E-state index is -0.714. The molecule has 1 aliphatic carbocycles. The molecule has 0 aliphatic heterocycles. The fourth-order valence-electron chi connectivity index (χ4n) is 1.95. The first kappa shape index (κ1) is 13.6. The second-order valence-electron chi connectivity index (χ2n) is 4.93. The average molecular weight is 292 g/mol. The Bertz CT molecular complexity index is 669. The fraction of sp³-hybridized carbons (Fsp3) is 0.385. The molecule has 0 atom stereocenters. The van der Waals surface area contributed by atoms with E-state index in [-0.39, 0.29) is 17.1 Å². The number of rotatable bonds is 6. The number of non-ortho nitro benzene ring substituents is 1. The van der Waals surface area contributed by atoms with Crippen molar-refractivity contribution in [3.63, 3.8) is 0 Å². The van der Waals surface area contributed by atoms with Gasteiger partial charge in [0, 0.05) is 30.6 Å². The standard InChI is InChI=1S/C13H13FN4O3/c14-9-5-8(6-11(7-9)18(19)20)13-17-16-12(21-13)3-4-15-10-1-2-10/h5-7,10,15H,1-4H2. The quantitative estimate of drug-likeness (QED) is 0.647. The molecule has 7 nitrogen and oxygen atoms in total. The van der Waals surface area contributed by atoms with E-state index < -0.39 is 10.7 Å². The van der Waals surface area contributed by atoms with E-state index in [1.165, 1.54) is 18.9 Å². The Kier molecular flexibility index (Phi) is 3.61. The third kappa shape index (κ3) is 3.40. The molecule has 21 heavy (non-hydrogen) atoms. The molecule has 1 fully saturated rings. The van der Waals surface area contributed by atoms with Crippen LogP contribution in [0.4, 0.5) is 10.1 Å². The van der Waals surface area contributed by atoms with Gasteiger partial charge in [-0.05, 0) is 18.9 Å². The minimum Gasteiger partial charge on any atom is -0.421 e. The van der Waals surface area contributed by atoms with Crippen molar-refractivity contribution in [2.75, 3.05) is 6.54 Å². The number of nitrogens with one attached hydrogen (secondary N) is 1. The summed E-state index contributed by atoms with van der Waals surface area (Å²) in [6.07, 6.45) is 2.96. The van der Waals surface area contributed by atoms with Gasteiger partial charge in [0.1, 0.15) is 5.82 Å². The van der Waals surface area contributed by atoms with Crippen LogP contribution < -0.4 is 5.32 Å². The number of nitro benzene ring substituents is 1. The summed E-state index contributed by atoms with van der Waals surface area (Å²) >= 11 is 0. The van der Waals surface area contributed by atoms with Crippen molar-refractivity contribution < 1.29 is 13.7 Å². The van der Waals surface area contributed by atoms with Crippen LogP contribution in [0.25, 0.3) is 11.5 Å². The first-order valence-electron chi connectivity index (χ1n) is 6.63. The molecule has 110 valence electrons. The van der Waals surface area contributed by atoms with Crippen molar-refractivity contribution in [3.8, 4) is 11.5 Å². The molecule has 0 spiro atoms. The van der Waals surface area contributed by atoms with Crippen LogP contribution in [0.5, 0.6) is 0 Å². The summed E-state index contributed by atoms with van der Waals surface area (Å²) in [5, 5.41) is 21.7. The van der Waals surface area contributed by atoms with Gasteiger partial charge in [-0.25, -0.2) is 4.39 Å². The highest BCUT2D eigenvalue weighted by Gasteiger charge is 2.20. The molecule has 8 heteroatoms. The molecule has 1 aliphatic rings. The van der Waals surface area contributed by atoms with Crippen molar-refractivity contribution in [2.24, 2.45) is 0 Å². The number of nitrogens with zero attached hydrogens (tertiary/aromatic N) is 3. The van der Waals surface area contributed by atoms with E-state index >= 15 is 0 Å². The van der Waals surface area contributed by atoms with Crippen molar-refractivity contribution >= 4 is 5.69 Å². The first-order valence-corrected chi connectivity index (χ1v) is 6.63. The molecule has 0 unspecified atom stereocenters. The number of hydrogen-bond acceptors (Lipinski definition) is 6. The van der Waals surface area contributed by atoms with Gasteiger partial charge in [0.15, 0.2) is 0 Å². The summed E-state index contributed by atoms with van der Waals surface area (Å²) in [6, 6.07) is 3.79. The number of aromatic nitrogens is 2. The molecule has 0 amide bonds. The Labute approximate surface area is 119 Å². The SMILES string of the molecule is O=[N+]([O-])c1cc(F)cc(-c2nnc(CCNC3CC3)o2)c1. The monoisotopic (exact) mass is 292 g/mol. The second kappa shape index (κ2) is 5.57. The number of nitro groups is 1. The molecule has 1 aromatic heterocycles. The highest BCUT2D eigenvalue weighted by atomic mass is 19.1. The topological polar surface area (TPSA) is 94.1 Å². The van der Waals surface area contributed by atoms with E-state index in [1.54, 1.807) is 0 Å². The Balaban J connectivity index is 1.73. The summed E-state index contributed by atoms with van der Waals surface area (Å²) in [5.74, 6) is -0.210. The molecule has 1 heterocycles. The molecule has 0 radical (unpaired) electrons. The fourth-order valence-corrected chi connectivity index (χ4v) is 1.95. The maximum atomic E-state index is 13.4. The predicted octanol–water partition coefficient (Wildman–Crippen LogP) is 2.08. The third-order valence-electron chi connectivity index (χ3n) is 3.16. The van der Waals surface area contributed by atoms with Crippen LogP contribution in [-0.2, 0) is 6.42 Å². The molecule has 2 aromatic rings. The Morgan fingerprint density at radius 3 is 2.90 bits per heavy atom. The zero-order chi connectivity index (χ0) is 14.8. The van der Waals surface area contributed by atoms with Gasteiger partial charge < -0.3 is 9.73 Å². The molecular weight excluding hydrogens is 279 g/mol. The summed E-state index contributed by atoms with van der Waals surface area (Å²) < 4.78 is 18.8. The molecule has 1 N–H and O–H groups in total. The number of hydrogen-bond donors (Lipinski definition) is 1. The lowest BCUT2D eigenvalue weighted by atomic mass is 10.2. The van der Waals surface area contributed by atoms with Crippen LogP contribution in [0.15, 0.2) is 22.6 Å². The van der Waals surface area contributed by atoms with E-state index in [1.807, 2.05) is 0 Å². The smallest absolute Gasteiger partial charge is 0.273 e. The van der Waals surface area contributed by atoms with Gasteiger partial charge in [-0.1, -0.05) is 0 Å². The number of benzene rings is 1. The maximum absolute atomic E-state index is 13.4. The van der Waals surface area contributed by atoms with E-state index in [0.717, 1.165) is 18.7 Å². The lowest BCUT2D eigenvalue weighted by molar-refractivity contribution is -0.385. The Morgan fingerprint density at radius 1 is 1.38 bits per heavy atom. The van der Waals surface area contributed by atoms with Crippen LogP contribution in [0.3, 0.4) is 0 Å². The van der Waals surface area contributed by atoms with Crippen molar-refractivity contribution in [2.45, 2.75) is 25.3 Å². The summed E-state index contributed by atoms with van der Waals surface area (Å²) in [5.41, 5.74) is -0.143. The average Bonchev–Trinajstić information content (AvgIpc) is 3.14. The number of halogens is 1. The van der Waals surface area contributed by atoms with E-state index in [0.29, 0.717) is 18.4 Å². The van der Waals surface area contributed by atoms with Gasteiger partial charge in [0.2, 0.25) is 11.8 Å². The van der Waals surface area contributed by atoms with Gasteiger partial charge in [-0.3, -0.25) is 10.1 Å². The van der Waals surface area contributed by atoms with Gasteiger partial charge in [0.05, 0.1) is 11.0 Å². The van der Waals surface area contributed by atoms with Crippen LogP contribution in [-0.4, -0.2) is 27.7 Å². The molecule has 0 saturated heterocycles. The van der Waals surface area contributed by atoms with Gasteiger partial charge in [-0.15, -0.1) is 10.2 Å². The largest absolute Gasteiger partial charge is 0.421 e. The van der Waals surface area contributed by atoms with Crippen LogP contribution in [0, 0.1) is 15.9 Å². The minimum absolute atomic E-state index is 0.0824. The lowest BCUT2D eigenvalue weighted by Gasteiger charge is -1.98. The second-order valence-corrected chi connectivity index (χ2v) is 4.93. The molecule has 1 saturated carbocycles. The third-order valence-corrected chi connectivity index (χ3v) is 3.16. The Morgan fingerprint density at radius 2 is 2.19 bits per heavy atom. The summed E-state index contributed by atoms with van der Waals surface area (Å²) in [6.45, 7) is 0.732. The van der Waals surface area contributed by atoms with E-state index in [2.05, 4.69) is 15.5 Å². The highest BCUT2D eigenvalue weighted by Crippen LogP contribution is 2.24. The molecule has 1 aromatic carbocycles. The predicted molar refractivity (Wildman–Crippen MR) is 71.1 cm³/mol. The Hall–Kier alpha value is -2.35. The zero-order valence-corrected chi connectivity index (χ0v) is 11.1. The summed E-state index contributed by atoms with van der Waals surface area (Å²) in [7, 11) is 0. The van der Waals surface area contributed by atoms with Crippen molar-refractivity contribution in [3.05, 3.63) is 40.0 Å². The van der Waals surface area contributed by atoms with E-state index in [4.69, 9.17) is 4.42 Å². The van der Waals surface area contributed by atoms with Gasteiger partial charge in [-0.2, -0.15) is 0 Å². The van der Waals surface area contributed by atoms with Crippen LogP contribution in [0.2, 0.25) is 0 Å². The van der Waals surface area contributed by atoms with Crippen LogP contribution in [0.1, 0.15) is 18.7 Å². The molecule has 0 bridgehead atoms. The summed E-state index contributed by atoms with van der Waals surface area (Å²) in [4.78, 5) is 10.1. The maximum Gasteiger partial charge on any atom is 0.273 e. The zero-order valence-electron chi connectivity index (χ0n) is 11.1. The van der Waals surface area contributed by atoms with Crippen LogP contribution >= 0.6 is 0 Å². The van der Waals surface area contributed by atoms with Crippen molar-refractivity contribution in [1.82, 2.24) is 15.5 Å². The highest BCUT2D eigenvalue weighted by molar-refractivity contribution is 5.57. The van der Waals surface area contributed by atoms with Gasteiger partial charge in [0.25, 0.3) is 5.69 Å². The molecular formula is C13H13FN4O3. The molecule has 3 rings (SSSR count). The van der Waals surface area contributed by atoms with E-state index in [9.17, 15) is 14.5 Å². The lowest BCUT2D eigenvalue weighted by Crippen LogP contribution is -2.19. The van der Waals surface area contributed by atoms with Gasteiger partial charge >= 0.3 is 0 Å². The van der Waals surface area contributed by atoms with Crippen molar-refractivity contribution in [1.29, 1.82) is 0 Å². The first-order chi connectivity index (χ1) is 10.1.